The third-order valence-corrected chi connectivity index (χ3v) is 2.32. The molecule has 6 heteroatoms. The fourth-order valence-electron chi connectivity index (χ4n) is 0.560. The normalized spacial score (nSPS) is 11.8. The molecule has 1 rings (SSSR count). The molecular weight excluding hydrogens is 206 g/mol. The van der Waals surface area contributed by atoms with Crippen LogP contribution in [0.3, 0.4) is 0 Å². The molecule has 1 aromatic carbocycles. The predicted octanol–water partition coefficient (Wildman–Crippen LogP) is 1.44. The summed E-state index contributed by atoms with van der Waals surface area (Å²) in [5.74, 6) is 0. The quantitative estimate of drug-likeness (QED) is 0.470. The molecular formula is C6H8NaO3PS. The van der Waals surface area contributed by atoms with Crippen LogP contribution in [0.1, 0.15) is 0 Å². The first-order valence-electron chi connectivity index (χ1n) is 2.91. The van der Waals surface area contributed by atoms with Crippen molar-refractivity contribution in [3.05, 3.63) is 30.3 Å². The second-order valence-corrected chi connectivity index (χ2v) is 3.58. The van der Waals surface area contributed by atoms with Crippen LogP contribution in [0.4, 0.5) is 0 Å². The van der Waals surface area contributed by atoms with Crippen molar-refractivity contribution in [2.24, 2.45) is 0 Å². The summed E-state index contributed by atoms with van der Waals surface area (Å²) in [6, 6.07) is 9.14. The van der Waals surface area contributed by atoms with E-state index in [0.29, 0.717) is 0 Å². The van der Waals surface area contributed by atoms with Gasteiger partial charge in [0.05, 0.1) is 0 Å². The van der Waals surface area contributed by atoms with E-state index in [-0.39, 0.29) is 29.6 Å². The first-order valence-corrected chi connectivity index (χ1v) is 4.92. The Morgan fingerprint density at radius 2 is 1.92 bits per heavy atom. The van der Waals surface area contributed by atoms with Crippen molar-refractivity contribution in [1.82, 2.24) is 0 Å². The van der Waals surface area contributed by atoms with Crippen molar-refractivity contribution in [3.63, 3.8) is 0 Å². The van der Waals surface area contributed by atoms with Gasteiger partial charge < -0.3 is 4.89 Å². The molecule has 3 nitrogen and oxygen atoms in total. The molecule has 0 saturated carbocycles. The van der Waals surface area contributed by atoms with Crippen LogP contribution in [-0.4, -0.2) is 34.5 Å². The molecule has 0 aliphatic heterocycles. The molecule has 62 valence electrons. The van der Waals surface area contributed by atoms with Crippen molar-refractivity contribution in [3.8, 4) is 0 Å². The van der Waals surface area contributed by atoms with Gasteiger partial charge in [-0.15, -0.1) is 0 Å². The molecule has 0 aromatic heterocycles. The van der Waals surface area contributed by atoms with Crippen LogP contribution in [0.2, 0.25) is 0 Å². The first-order chi connectivity index (χ1) is 5.29. The van der Waals surface area contributed by atoms with Crippen LogP contribution in [0.15, 0.2) is 35.2 Å². The van der Waals surface area contributed by atoms with Crippen LogP contribution >= 0.6 is 20.3 Å². The number of hydrogen-bond acceptors (Lipinski definition) is 3. The zero-order valence-corrected chi connectivity index (χ0v) is 7.38. The number of benzene rings is 1. The fraction of sp³-hybridized carbons (Fsp3) is 0. The number of hydrogen-bond donors (Lipinski definition) is 1. The summed E-state index contributed by atoms with van der Waals surface area (Å²) in [5.41, 5.74) is 0. The standard InChI is InChI=1S/C6H7O3PS.Na.H/c7-10(8)9-11-6-4-2-1-3-5-6;;/h1-5,10H,(H,7,8);;. The predicted molar refractivity (Wildman–Crippen MR) is 51.8 cm³/mol. The molecule has 0 bridgehead atoms. The van der Waals surface area contributed by atoms with Crippen molar-refractivity contribution in [2.75, 3.05) is 0 Å². The van der Waals surface area contributed by atoms with E-state index in [1.807, 2.05) is 18.2 Å². The summed E-state index contributed by atoms with van der Waals surface area (Å²) < 4.78 is 14.6. The summed E-state index contributed by atoms with van der Waals surface area (Å²) >= 11 is 0.911. The third-order valence-electron chi connectivity index (χ3n) is 0.952. The van der Waals surface area contributed by atoms with Crippen LogP contribution in [0, 0.1) is 0 Å². The molecule has 1 aromatic rings. The van der Waals surface area contributed by atoms with E-state index in [0.717, 1.165) is 16.9 Å². The molecule has 1 unspecified atom stereocenters. The van der Waals surface area contributed by atoms with Gasteiger partial charge >= 0.3 is 37.8 Å². The molecule has 0 amide bonds. The van der Waals surface area contributed by atoms with Gasteiger partial charge in [-0.3, -0.25) is 4.57 Å². The van der Waals surface area contributed by atoms with Gasteiger partial charge in [-0.1, -0.05) is 18.2 Å². The van der Waals surface area contributed by atoms with E-state index in [4.69, 9.17) is 4.89 Å². The molecule has 1 atom stereocenters. The summed E-state index contributed by atoms with van der Waals surface area (Å²) in [6.45, 7) is 0. The van der Waals surface area contributed by atoms with Crippen LogP contribution in [0.5, 0.6) is 0 Å². The fourth-order valence-corrected chi connectivity index (χ4v) is 1.50. The third kappa shape index (κ3) is 5.38. The Labute approximate surface area is 98.0 Å². The molecule has 0 spiro atoms. The molecule has 0 heterocycles. The van der Waals surface area contributed by atoms with Gasteiger partial charge in [0.1, 0.15) is 0 Å². The van der Waals surface area contributed by atoms with E-state index in [9.17, 15) is 4.57 Å². The number of rotatable bonds is 3. The van der Waals surface area contributed by atoms with Gasteiger partial charge in [0.2, 0.25) is 0 Å². The van der Waals surface area contributed by atoms with Crippen LogP contribution in [0.25, 0.3) is 0 Å². The van der Waals surface area contributed by atoms with Gasteiger partial charge in [0.25, 0.3) is 0 Å². The maximum atomic E-state index is 10.1. The van der Waals surface area contributed by atoms with Crippen molar-refractivity contribution >= 4 is 49.9 Å². The molecule has 0 radical (unpaired) electrons. The van der Waals surface area contributed by atoms with E-state index in [1.165, 1.54) is 0 Å². The Morgan fingerprint density at radius 3 is 2.42 bits per heavy atom. The zero-order chi connectivity index (χ0) is 8.10. The van der Waals surface area contributed by atoms with Crippen molar-refractivity contribution in [1.29, 1.82) is 0 Å². The van der Waals surface area contributed by atoms with Gasteiger partial charge in [-0.25, -0.2) is 3.97 Å². The minimum atomic E-state index is -2.82. The summed E-state index contributed by atoms with van der Waals surface area (Å²) in [7, 11) is -2.82. The molecule has 12 heavy (non-hydrogen) atoms. The Kier molecular flexibility index (Phi) is 7.58. The first kappa shape index (κ1) is 12.7. The summed E-state index contributed by atoms with van der Waals surface area (Å²) in [4.78, 5) is 9.14. The summed E-state index contributed by atoms with van der Waals surface area (Å²) in [6.07, 6.45) is 0. The van der Waals surface area contributed by atoms with Crippen LogP contribution < -0.4 is 0 Å². The Morgan fingerprint density at radius 1 is 1.33 bits per heavy atom. The Balaban J connectivity index is 0.00000121. The molecule has 0 aliphatic rings. The molecule has 0 saturated heterocycles. The monoisotopic (exact) mass is 214 g/mol. The average molecular weight is 214 g/mol. The van der Waals surface area contributed by atoms with Gasteiger partial charge in [0, 0.05) is 16.9 Å². The van der Waals surface area contributed by atoms with Crippen LogP contribution in [-0.2, 0) is 8.54 Å². The Bertz CT molecular complexity index is 244. The zero-order valence-electron chi connectivity index (χ0n) is 5.56. The summed E-state index contributed by atoms with van der Waals surface area (Å²) in [5, 5.41) is 0. The second kappa shape index (κ2) is 7.15. The van der Waals surface area contributed by atoms with E-state index < -0.39 is 8.25 Å². The van der Waals surface area contributed by atoms with E-state index in [1.54, 1.807) is 12.1 Å². The minimum absolute atomic E-state index is 0. The SMILES string of the molecule is O=[PH](O)OSc1ccccc1.[NaH]. The van der Waals surface area contributed by atoms with Gasteiger partial charge in [-0.2, -0.15) is 0 Å². The van der Waals surface area contributed by atoms with Gasteiger partial charge in [0.15, 0.2) is 0 Å². The molecule has 0 aliphatic carbocycles. The van der Waals surface area contributed by atoms with Gasteiger partial charge in [-0.05, 0) is 12.1 Å². The topological polar surface area (TPSA) is 46.5 Å². The van der Waals surface area contributed by atoms with Crippen molar-refractivity contribution in [2.45, 2.75) is 4.90 Å². The van der Waals surface area contributed by atoms with E-state index >= 15 is 0 Å². The van der Waals surface area contributed by atoms with E-state index in [2.05, 4.69) is 3.97 Å². The average Bonchev–Trinajstić information content (AvgIpc) is 2.03. The molecule has 1 N–H and O–H groups in total. The molecule has 0 fully saturated rings. The van der Waals surface area contributed by atoms with Crippen molar-refractivity contribution < 1.29 is 13.4 Å². The maximum absolute atomic E-state index is 10.1. The second-order valence-electron chi connectivity index (χ2n) is 1.75. The Hall–Kier alpha value is 0.720.